The van der Waals surface area contributed by atoms with E-state index in [0.29, 0.717) is 13.1 Å². The van der Waals surface area contributed by atoms with Gasteiger partial charge in [-0.05, 0) is 37.4 Å². The Morgan fingerprint density at radius 1 is 1.20 bits per heavy atom. The number of ether oxygens (including phenoxy) is 1. The highest BCUT2D eigenvalue weighted by Gasteiger charge is 2.13. The second kappa shape index (κ2) is 8.90. The summed E-state index contributed by atoms with van der Waals surface area (Å²) in [5.74, 6) is 1.65. The minimum atomic E-state index is 0.0304. The van der Waals surface area contributed by atoms with Crippen LogP contribution in [0.4, 0.5) is 0 Å². The van der Waals surface area contributed by atoms with Crippen LogP contribution in [0.5, 0.6) is 5.75 Å². The fourth-order valence-electron chi connectivity index (χ4n) is 3.72. The number of carbonyl (C=O) groups excluding carboxylic acids is 1. The molecule has 2 aromatic rings. The summed E-state index contributed by atoms with van der Waals surface area (Å²) in [5.41, 5.74) is 0.968. The lowest BCUT2D eigenvalue weighted by Crippen LogP contribution is -2.35. The average Bonchev–Trinajstić information content (AvgIpc) is 3.05. The van der Waals surface area contributed by atoms with Crippen molar-refractivity contribution in [2.24, 2.45) is 5.92 Å². The first kappa shape index (κ1) is 17.8. The smallest absolute Gasteiger partial charge is 0.239 e. The minimum absolute atomic E-state index is 0.0304. The summed E-state index contributed by atoms with van der Waals surface area (Å²) in [6, 6.07) is 7.92. The Bertz CT molecular complexity index is 689. The number of hydrogen-bond acceptors (Lipinski definition) is 3. The Kier molecular flexibility index (Phi) is 6.34. The molecular weight excluding hydrogens is 314 g/mol. The average molecular weight is 343 g/mol. The van der Waals surface area contributed by atoms with Crippen molar-refractivity contribution in [2.45, 2.75) is 38.6 Å². The molecule has 0 bridgehead atoms. The number of hydrogen-bond donors (Lipinski definition) is 2. The van der Waals surface area contributed by atoms with Gasteiger partial charge < -0.3 is 19.9 Å². The summed E-state index contributed by atoms with van der Waals surface area (Å²) >= 11 is 0. The van der Waals surface area contributed by atoms with Crippen LogP contribution < -0.4 is 15.4 Å². The van der Waals surface area contributed by atoms with E-state index in [1.807, 2.05) is 35.0 Å². The number of fused-ring (bicyclic) bond motifs is 1. The number of nitrogens with zero attached hydrogens (tertiary/aromatic N) is 1. The third-order valence-electron chi connectivity index (χ3n) is 5.07. The molecule has 1 fully saturated rings. The number of amides is 1. The van der Waals surface area contributed by atoms with E-state index in [1.165, 1.54) is 32.1 Å². The van der Waals surface area contributed by atoms with Gasteiger partial charge in [-0.15, -0.1) is 0 Å². The number of methoxy groups -OCH3 is 1. The summed E-state index contributed by atoms with van der Waals surface area (Å²) in [6.45, 7) is 2.89. The molecule has 1 aromatic carbocycles. The number of nitrogens with one attached hydrogen (secondary N) is 2. The molecule has 0 radical (unpaired) electrons. The standard InChI is InChI=1S/C20H29N3O2/c1-25-18-9-5-8-17-10-13-23(20(17)18)15-19(24)22-12-11-21-14-16-6-3-2-4-7-16/h5,8-10,13,16,21H,2-4,6-7,11-12,14-15H2,1H3,(H,22,24). The van der Waals surface area contributed by atoms with E-state index >= 15 is 0 Å². The lowest BCUT2D eigenvalue weighted by molar-refractivity contribution is -0.121. The maximum atomic E-state index is 12.2. The van der Waals surface area contributed by atoms with Gasteiger partial charge in [0.15, 0.2) is 0 Å². The molecule has 5 nitrogen and oxygen atoms in total. The van der Waals surface area contributed by atoms with Gasteiger partial charge in [0.05, 0.1) is 12.6 Å². The highest BCUT2D eigenvalue weighted by atomic mass is 16.5. The molecule has 1 aliphatic rings. The molecule has 0 spiro atoms. The molecule has 3 rings (SSSR count). The molecule has 1 aliphatic carbocycles. The van der Waals surface area contributed by atoms with Crippen molar-refractivity contribution in [3.8, 4) is 5.75 Å². The van der Waals surface area contributed by atoms with Gasteiger partial charge in [0.2, 0.25) is 5.91 Å². The molecule has 1 heterocycles. The second-order valence-electron chi connectivity index (χ2n) is 6.90. The first-order valence-corrected chi connectivity index (χ1v) is 9.37. The van der Waals surface area contributed by atoms with Crippen LogP contribution in [-0.2, 0) is 11.3 Å². The van der Waals surface area contributed by atoms with Crippen LogP contribution in [0, 0.1) is 5.92 Å². The number of aromatic nitrogens is 1. The van der Waals surface area contributed by atoms with Crippen molar-refractivity contribution >= 4 is 16.8 Å². The van der Waals surface area contributed by atoms with Gasteiger partial charge >= 0.3 is 0 Å². The molecule has 0 unspecified atom stereocenters. The van der Waals surface area contributed by atoms with Gasteiger partial charge in [0, 0.05) is 24.7 Å². The lowest BCUT2D eigenvalue weighted by atomic mass is 9.89. The molecule has 136 valence electrons. The van der Waals surface area contributed by atoms with Crippen molar-refractivity contribution in [1.82, 2.24) is 15.2 Å². The van der Waals surface area contributed by atoms with E-state index in [0.717, 1.165) is 35.7 Å². The van der Waals surface area contributed by atoms with E-state index < -0.39 is 0 Å². The lowest BCUT2D eigenvalue weighted by Gasteiger charge is -2.21. The Labute approximate surface area is 149 Å². The summed E-state index contributed by atoms with van der Waals surface area (Å²) in [5, 5.41) is 7.56. The summed E-state index contributed by atoms with van der Waals surface area (Å²) in [6.07, 6.45) is 8.78. The molecule has 1 amide bonds. The quantitative estimate of drug-likeness (QED) is 0.725. The van der Waals surface area contributed by atoms with Crippen molar-refractivity contribution in [3.05, 3.63) is 30.5 Å². The van der Waals surface area contributed by atoms with Crippen LogP contribution in [0.25, 0.3) is 10.9 Å². The Balaban J connectivity index is 1.42. The largest absolute Gasteiger partial charge is 0.495 e. The van der Waals surface area contributed by atoms with Crippen LogP contribution in [0.3, 0.4) is 0 Å². The van der Waals surface area contributed by atoms with Gasteiger partial charge in [-0.3, -0.25) is 4.79 Å². The Morgan fingerprint density at radius 2 is 2.04 bits per heavy atom. The van der Waals surface area contributed by atoms with Crippen molar-refractivity contribution in [1.29, 1.82) is 0 Å². The van der Waals surface area contributed by atoms with Gasteiger partial charge in [0.1, 0.15) is 12.3 Å². The molecule has 5 heteroatoms. The first-order valence-electron chi connectivity index (χ1n) is 9.37. The highest BCUT2D eigenvalue weighted by Crippen LogP contribution is 2.26. The topological polar surface area (TPSA) is 55.3 Å². The molecule has 0 atom stereocenters. The number of carbonyl (C=O) groups is 1. The minimum Gasteiger partial charge on any atom is -0.495 e. The van der Waals surface area contributed by atoms with E-state index in [9.17, 15) is 4.79 Å². The van der Waals surface area contributed by atoms with E-state index in [-0.39, 0.29) is 5.91 Å². The SMILES string of the molecule is COc1cccc2ccn(CC(=O)NCCNCC3CCCCC3)c12. The van der Waals surface area contributed by atoms with E-state index in [2.05, 4.69) is 10.6 Å². The number of para-hydroxylation sites is 1. The van der Waals surface area contributed by atoms with Crippen molar-refractivity contribution in [3.63, 3.8) is 0 Å². The predicted molar refractivity (Wildman–Crippen MR) is 101 cm³/mol. The summed E-state index contributed by atoms with van der Waals surface area (Å²) in [7, 11) is 1.66. The fraction of sp³-hybridized carbons (Fsp3) is 0.550. The third kappa shape index (κ3) is 4.75. The molecular formula is C20H29N3O2. The van der Waals surface area contributed by atoms with Crippen molar-refractivity contribution < 1.29 is 9.53 Å². The highest BCUT2D eigenvalue weighted by molar-refractivity contribution is 5.87. The van der Waals surface area contributed by atoms with Gasteiger partial charge in [-0.2, -0.15) is 0 Å². The molecule has 25 heavy (non-hydrogen) atoms. The normalized spacial score (nSPS) is 15.4. The van der Waals surface area contributed by atoms with Crippen LogP contribution >= 0.6 is 0 Å². The predicted octanol–water partition coefficient (Wildman–Crippen LogP) is 2.94. The maximum Gasteiger partial charge on any atom is 0.239 e. The third-order valence-corrected chi connectivity index (χ3v) is 5.07. The molecule has 0 aliphatic heterocycles. The van der Waals surface area contributed by atoms with Gasteiger partial charge in [-0.25, -0.2) is 0 Å². The Morgan fingerprint density at radius 3 is 2.84 bits per heavy atom. The monoisotopic (exact) mass is 343 g/mol. The van der Waals surface area contributed by atoms with E-state index in [1.54, 1.807) is 7.11 Å². The molecule has 1 aromatic heterocycles. The number of rotatable bonds is 8. The van der Waals surface area contributed by atoms with Crippen LogP contribution in [0.2, 0.25) is 0 Å². The molecule has 2 N–H and O–H groups in total. The van der Waals surface area contributed by atoms with Crippen molar-refractivity contribution in [2.75, 3.05) is 26.7 Å². The number of benzene rings is 1. The van der Waals surface area contributed by atoms with Gasteiger partial charge in [-0.1, -0.05) is 31.4 Å². The van der Waals surface area contributed by atoms with Crippen LogP contribution in [-0.4, -0.2) is 37.2 Å². The van der Waals surface area contributed by atoms with E-state index in [4.69, 9.17) is 4.74 Å². The molecule has 1 saturated carbocycles. The van der Waals surface area contributed by atoms with Crippen LogP contribution in [0.1, 0.15) is 32.1 Å². The fourth-order valence-corrected chi connectivity index (χ4v) is 3.72. The van der Waals surface area contributed by atoms with Crippen LogP contribution in [0.15, 0.2) is 30.5 Å². The summed E-state index contributed by atoms with van der Waals surface area (Å²) in [4.78, 5) is 12.2. The summed E-state index contributed by atoms with van der Waals surface area (Å²) < 4.78 is 7.36. The zero-order valence-electron chi connectivity index (χ0n) is 15.1. The first-order chi connectivity index (χ1) is 12.3. The zero-order valence-corrected chi connectivity index (χ0v) is 15.1. The zero-order chi connectivity index (χ0) is 17.5. The second-order valence-corrected chi connectivity index (χ2v) is 6.90. The maximum absolute atomic E-state index is 12.2. The Hall–Kier alpha value is -2.01. The van der Waals surface area contributed by atoms with Gasteiger partial charge in [0.25, 0.3) is 0 Å². The molecule has 0 saturated heterocycles.